The average molecular weight is 481 g/mol. The van der Waals surface area contributed by atoms with Gasteiger partial charge in [0, 0.05) is 25.3 Å². The zero-order valence-electron chi connectivity index (χ0n) is 19.7. The monoisotopic (exact) mass is 480 g/mol. The number of carboxylic acid groups (broad SMARTS) is 1. The first-order chi connectivity index (χ1) is 16.9. The molecule has 0 unspecified atom stereocenters. The molecule has 2 aromatic carbocycles. The lowest BCUT2D eigenvalue weighted by Gasteiger charge is -2.37. The van der Waals surface area contributed by atoms with Crippen LogP contribution in [-0.4, -0.2) is 53.0 Å². The first kappa shape index (κ1) is 24.7. The Labute approximate surface area is 204 Å². The Hall–Kier alpha value is -3.39. The molecule has 0 radical (unpaired) electrons. The quantitative estimate of drug-likeness (QED) is 0.435. The van der Waals surface area contributed by atoms with Gasteiger partial charge in [0.2, 0.25) is 5.91 Å². The van der Waals surface area contributed by atoms with Crippen LogP contribution in [-0.2, 0) is 14.3 Å². The molecule has 0 saturated heterocycles. The van der Waals surface area contributed by atoms with E-state index in [4.69, 9.17) is 9.84 Å². The van der Waals surface area contributed by atoms with Gasteiger partial charge < -0.3 is 25.6 Å². The third kappa shape index (κ3) is 5.82. The second kappa shape index (κ2) is 10.9. The Morgan fingerprint density at radius 2 is 1.57 bits per heavy atom. The molecule has 0 heterocycles. The molecule has 4 rings (SSSR count). The van der Waals surface area contributed by atoms with E-state index in [1.807, 2.05) is 24.3 Å². The third-order valence-corrected chi connectivity index (χ3v) is 7.05. The van der Waals surface area contributed by atoms with E-state index in [9.17, 15) is 19.5 Å². The first-order valence-corrected chi connectivity index (χ1v) is 12.2. The van der Waals surface area contributed by atoms with Gasteiger partial charge in [-0.2, -0.15) is 0 Å². The number of carboxylic acids is 1. The topological polar surface area (TPSA) is 125 Å². The minimum atomic E-state index is -1.52. The molecule has 1 saturated carbocycles. The highest BCUT2D eigenvalue weighted by atomic mass is 16.5. The fourth-order valence-corrected chi connectivity index (χ4v) is 5.27. The number of aliphatic carboxylic acids is 1. The Morgan fingerprint density at radius 1 is 0.971 bits per heavy atom. The largest absolute Gasteiger partial charge is 0.479 e. The highest BCUT2D eigenvalue weighted by Crippen LogP contribution is 2.44. The van der Waals surface area contributed by atoms with E-state index in [2.05, 4.69) is 34.9 Å². The molecule has 0 aliphatic heterocycles. The Balaban J connectivity index is 1.36. The van der Waals surface area contributed by atoms with Gasteiger partial charge in [-0.3, -0.25) is 4.79 Å². The van der Waals surface area contributed by atoms with Crippen LogP contribution in [0.1, 0.15) is 62.0 Å². The molecular weight excluding hydrogens is 448 g/mol. The number of nitrogens with one attached hydrogen (secondary N) is 2. The first-order valence-electron chi connectivity index (χ1n) is 12.2. The summed E-state index contributed by atoms with van der Waals surface area (Å²) in [5.74, 6) is -1.65. The number of ether oxygens (including phenoxy) is 1. The van der Waals surface area contributed by atoms with E-state index >= 15 is 0 Å². The molecule has 2 aliphatic carbocycles. The third-order valence-electron chi connectivity index (χ3n) is 7.05. The summed E-state index contributed by atoms with van der Waals surface area (Å²) in [7, 11) is 0. The second-order valence-corrected chi connectivity index (χ2v) is 9.46. The van der Waals surface area contributed by atoms with Crippen LogP contribution in [0.3, 0.4) is 0 Å². The van der Waals surface area contributed by atoms with E-state index in [0.717, 1.165) is 41.5 Å². The molecule has 8 heteroatoms. The van der Waals surface area contributed by atoms with E-state index in [-0.39, 0.29) is 37.8 Å². The van der Waals surface area contributed by atoms with Gasteiger partial charge in [-0.25, -0.2) is 9.59 Å². The van der Waals surface area contributed by atoms with Crippen LogP contribution < -0.4 is 10.6 Å². The van der Waals surface area contributed by atoms with Gasteiger partial charge in [0.15, 0.2) is 6.10 Å². The molecule has 8 nitrogen and oxygen atoms in total. The zero-order chi connectivity index (χ0) is 24.8. The molecule has 186 valence electrons. The number of rotatable bonds is 9. The predicted octanol–water partition coefficient (Wildman–Crippen LogP) is 3.57. The molecule has 0 bridgehead atoms. The molecule has 1 fully saturated rings. The number of aliphatic hydroxyl groups is 1. The number of alkyl carbamates (subject to hydrolysis) is 1. The van der Waals surface area contributed by atoms with E-state index in [0.29, 0.717) is 12.8 Å². The molecule has 2 aromatic rings. The lowest BCUT2D eigenvalue weighted by atomic mass is 9.79. The van der Waals surface area contributed by atoms with Crippen LogP contribution >= 0.6 is 0 Å². The summed E-state index contributed by atoms with van der Waals surface area (Å²) in [6, 6.07) is 16.3. The van der Waals surface area contributed by atoms with Gasteiger partial charge in [0.1, 0.15) is 6.61 Å². The molecule has 1 atom stereocenters. The lowest BCUT2D eigenvalue weighted by Crippen LogP contribution is -2.52. The van der Waals surface area contributed by atoms with Gasteiger partial charge in [-0.1, -0.05) is 67.8 Å². The molecule has 2 amide bonds. The Kier molecular flexibility index (Phi) is 7.70. The smallest absolute Gasteiger partial charge is 0.407 e. The van der Waals surface area contributed by atoms with Crippen LogP contribution in [0, 0.1) is 0 Å². The van der Waals surface area contributed by atoms with Crippen LogP contribution in [0.25, 0.3) is 11.1 Å². The van der Waals surface area contributed by atoms with Crippen molar-refractivity contribution in [1.82, 2.24) is 10.6 Å². The number of amides is 2. The zero-order valence-corrected chi connectivity index (χ0v) is 19.7. The van der Waals surface area contributed by atoms with E-state index in [1.54, 1.807) is 0 Å². The SMILES string of the molecule is O=C(CC1(NC(=O)OCC2c3ccccc3-c3ccccc32)CCCCC1)NCC[C@H](O)C(=O)O. The maximum absolute atomic E-state index is 12.9. The predicted molar refractivity (Wildman–Crippen MR) is 130 cm³/mol. The van der Waals surface area contributed by atoms with Crippen molar-refractivity contribution in [3.63, 3.8) is 0 Å². The number of fused-ring (bicyclic) bond motifs is 3. The number of hydrogen-bond donors (Lipinski definition) is 4. The number of carbonyl (C=O) groups excluding carboxylic acids is 2. The Morgan fingerprint density at radius 3 is 2.17 bits per heavy atom. The summed E-state index contributed by atoms with van der Waals surface area (Å²) in [5, 5.41) is 23.8. The second-order valence-electron chi connectivity index (χ2n) is 9.46. The Bertz CT molecular complexity index is 1030. The van der Waals surface area contributed by atoms with Gasteiger partial charge in [-0.15, -0.1) is 0 Å². The summed E-state index contributed by atoms with van der Waals surface area (Å²) in [5.41, 5.74) is 3.89. The van der Waals surface area contributed by atoms with Gasteiger partial charge in [0.25, 0.3) is 0 Å². The van der Waals surface area contributed by atoms with Crippen molar-refractivity contribution >= 4 is 18.0 Å². The fourth-order valence-electron chi connectivity index (χ4n) is 5.27. The maximum Gasteiger partial charge on any atom is 0.407 e. The molecule has 2 aliphatic rings. The van der Waals surface area contributed by atoms with Crippen LogP contribution in [0.4, 0.5) is 4.79 Å². The van der Waals surface area contributed by atoms with Crippen LogP contribution in [0.2, 0.25) is 0 Å². The summed E-state index contributed by atoms with van der Waals surface area (Å²) in [6.07, 6.45) is 2.13. The minimum Gasteiger partial charge on any atom is -0.479 e. The van der Waals surface area contributed by atoms with E-state index in [1.165, 1.54) is 0 Å². The van der Waals surface area contributed by atoms with Crippen molar-refractivity contribution in [2.45, 2.75) is 62.5 Å². The molecule has 4 N–H and O–H groups in total. The van der Waals surface area contributed by atoms with Crippen molar-refractivity contribution in [1.29, 1.82) is 0 Å². The molecule has 0 spiro atoms. The highest BCUT2D eigenvalue weighted by Gasteiger charge is 2.37. The van der Waals surface area contributed by atoms with Gasteiger partial charge >= 0.3 is 12.1 Å². The van der Waals surface area contributed by atoms with Crippen molar-refractivity contribution < 1.29 is 29.3 Å². The number of aliphatic hydroxyl groups excluding tert-OH is 1. The summed E-state index contributed by atoms with van der Waals surface area (Å²) >= 11 is 0. The standard InChI is InChI=1S/C27H32N2O6/c30-23(25(32)33)12-15-28-24(31)16-27(13-6-1-7-14-27)29-26(34)35-17-22-20-10-4-2-8-18(20)19-9-3-5-11-21(19)22/h2-5,8-11,22-23,30H,1,6-7,12-17H2,(H,28,31)(H,29,34)(H,32,33)/t23-/m0/s1. The van der Waals surface area contributed by atoms with Crippen LogP contribution in [0.5, 0.6) is 0 Å². The summed E-state index contributed by atoms with van der Waals surface area (Å²) < 4.78 is 5.71. The highest BCUT2D eigenvalue weighted by molar-refractivity contribution is 5.80. The van der Waals surface area contributed by atoms with Crippen molar-refractivity contribution in [3.05, 3.63) is 59.7 Å². The van der Waals surface area contributed by atoms with Crippen molar-refractivity contribution in [2.75, 3.05) is 13.2 Å². The number of benzene rings is 2. The number of hydrogen-bond acceptors (Lipinski definition) is 5. The van der Waals surface area contributed by atoms with Crippen LogP contribution in [0.15, 0.2) is 48.5 Å². The minimum absolute atomic E-state index is 0.0422. The van der Waals surface area contributed by atoms with E-state index < -0.39 is 23.7 Å². The maximum atomic E-state index is 12.9. The summed E-state index contributed by atoms with van der Waals surface area (Å²) in [4.78, 5) is 36.2. The molecular formula is C27H32N2O6. The normalized spacial score (nSPS) is 17.1. The number of carbonyl (C=O) groups is 3. The van der Waals surface area contributed by atoms with Gasteiger partial charge in [-0.05, 0) is 35.1 Å². The van der Waals surface area contributed by atoms with Crippen molar-refractivity contribution in [2.24, 2.45) is 0 Å². The average Bonchev–Trinajstić information content (AvgIpc) is 3.16. The fraction of sp³-hybridized carbons (Fsp3) is 0.444. The molecule has 0 aromatic heterocycles. The lowest BCUT2D eigenvalue weighted by molar-refractivity contribution is -0.147. The molecule has 35 heavy (non-hydrogen) atoms. The summed E-state index contributed by atoms with van der Waals surface area (Å²) in [6.45, 7) is 0.253. The van der Waals surface area contributed by atoms with Gasteiger partial charge in [0.05, 0.1) is 5.54 Å². The van der Waals surface area contributed by atoms with Crippen molar-refractivity contribution in [3.8, 4) is 11.1 Å².